The lowest BCUT2D eigenvalue weighted by Crippen LogP contribution is -2.41. The Bertz CT molecular complexity index is 810. The smallest absolute Gasteiger partial charge is 0.225 e. The van der Waals surface area contributed by atoms with Gasteiger partial charge in [-0.2, -0.15) is 0 Å². The normalized spacial score (nSPS) is 16.4. The molecule has 0 spiro atoms. The van der Waals surface area contributed by atoms with Gasteiger partial charge < -0.3 is 16.0 Å². The number of guanidine groups is 1. The number of amides is 1. The number of hydrogen-bond donors (Lipinski definition) is 3. The van der Waals surface area contributed by atoms with Gasteiger partial charge in [0.05, 0.1) is 0 Å². The maximum absolute atomic E-state index is 12.9. The lowest BCUT2D eigenvalue weighted by molar-refractivity contribution is -0.116. The van der Waals surface area contributed by atoms with Gasteiger partial charge in [-0.1, -0.05) is 18.2 Å². The molecule has 3 rings (SSSR count). The first kappa shape index (κ1) is 19.2. The van der Waals surface area contributed by atoms with Crippen molar-refractivity contribution in [2.75, 3.05) is 31.2 Å². The van der Waals surface area contributed by atoms with Gasteiger partial charge in [0.25, 0.3) is 0 Å². The van der Waals surface area contributed by atoms with Crippen molar-refractivity contribution in [1.82, 2.24) is 10.6 Å². The fourth-order valence-corrected chi connectivity index (χ4v) is 3.76. The molecule has 2 aromatic carbocycles. The molecule has 1 amide bonds. The van der Waals surface area contributed by atoms with Crippen molar-refractivity contribution < 1.29 is 9.18 Å². The lowest BCUT2D eigenvalue weighted by Gasteiger charge is -2.26. The maximum atomic E-state index is 12.9. The molecule has 0 aliphatic carbocycles. The van der Waals surface area contributed by atoms with Gasteiger partial charge in [0.15, 0.2) is 5.96 Å². The third kappa shape index (κ3) is 5.47. The third-order valence-corrected chi connectivity index (χ3v) is 5.34. The van der Waals surface area contributed by atoms with Crippen molar-refractivity contribution >= 4 is 29.3 Å². The Morgan fingerprint density at radius 2 is 2.00 bits per heavy atom. The summed E-state index contributed by atoms with van der Waals surface area (Å²) in [6.07, 6.45) is 0.460. The minimum absolute atomic E-state index is 0.0409. The first-order valence-electron chi connectivity index (χ1n) is 8.87. The summed E-state index contributed by atoms with van der Waals surface area (Å²) < 4.78 is 12.9. The molecule has 27 heavy (non-hydrogen) atoms. The Morgan fingerprint density at radius 3 is 2.78 bits per heavy atom. The molecule has 1 aliphatic rings. The van der Waals surface area contributed by atoms with Crippen LogP contribution in [0.15, 0.2) is 58.4 Å². The van der Waals surface area contributed by atoms with Crippen LogP contribution in [-0.4, -0.2) is 37.8 Å². The van der Waals surface area contributed by atoms with E-state index in [4.69, 9.17) is 0 Å². The van der Waals surface area contributed by atoms with Crippen molar-refractivity contribution in [3.05, 3.63) is 59.9 Å². The predicted octanol–water partition coefficient (Wildman–Crippen LogP) is 3.21. The SMILES string of the molecule is CN=C(NCCSc1ccc(F)cc1)NCC1CC(=O)Nc2ccccc21. The highest BCUT2D eigenvalue weighted by Gasteiger charge is 2.24. The maximum Gasteiger partial charge on any atom is 0.225 e. The number of benzene rings is 2. The van der Waals surface area contributed by atoms with Gasteiger partial charge in [0, 0.05) is 48.8 Å². The van der Waals surface area contributed by atoms with E-state index >= 15 is 0 Å². The van der Waals surface area contributed by atoms with E-state index in [1.165, 1.54) is 12.1 Å². The van der Waals surface area contributed by atoms with Gasteiger partial charge in [0.2, 0.25) is 5.91 Å². The van der Waals surface area contributed by atoms with Crippen molar-refractivity contribution in [2.45, 2.75) is 17.2 Å². The fourth-order valence-electron chi connectivity index (χ4n) is 2.99. The molecular formula is C20H23FN4OS. The van der Waals surface area contributed by atoms with Gasteiger partial charge in [-0.25, -0.2) is 4.39 Å². The summed E-state index contributed by atoms with van der Waals surface area (Å²) >= 11 is 1.65. The average Bonchev–Trinajstić information content (AvgIpc) is 2.68. The van der Waals surface area contributed by atoms with E-state index in [0.29, 0.717) is 18.9 Å². The number of aliphatic imine (C=N–C) groups is 1. The van der Waals surface area contributed by atoms with Crippen LogP contribution in [0.1, 0.15) is 17.9 Å². The summed E-state index contributed by atoms with van der Waals surface area (Å²) in [5.74, 6) is 1.47. The Balaban J connectivity index is 1.45. The van der Waals surface area contributed by atoms with Crippen LogP contribution < -0.4 is 16.0 Å². The molecule has 0 aromatic heterocycles. The van der Waals surface area contributed by atoms with Crippen molar-refractivity contribution in [1.29, 1.82) is 0 Å². The summed E-state index contributed by atoms with van der Waals surface area (Å²) in [6.45, 7) is 1.36. The standard InChI is InChI=1S/C20H23FN4OS/c1-22-20(23-10-11-27-16-8-6-15(21)7-9-16)24-13-14-12-19(26)25-18-5-3-2-4-17(14)18/h2-9,14H,10-13H2,1H3,(H,25,26)(H2,22,23,24). The van der Waals surface area contributed by atoms with Gasteiger partial charge in [0.1, 0.15) is 5.82 Å². The second kappa shape index (κ2) is 9.41. The zero-order chi connectivity index (χ0) is 19.1. The molecule has 1 heterocycles. The number of rotatable bonds is 6. The second-order valence-corrected chi connectivity index (χ2v) is 7.39. The molecule has 2 aromatic rings. The van der Waals surface area contributed by atoms with Crippen LogP contribution in [0.5, 0.6) is 0 Å². The minimum atomic E-state index is -0.222. The van der Waals surface area contributed by atoms with E-state index in [-0.39, 0.29) is 17.6 Å². The second-order valence-electron chi connectivity index (χ2n) is 6.22. The molecule has 5 nitrogen and oxygen atoms in total. The molecule has 0 radical (unpaired) electrons. The van der Waals surface area contributed by atoms with Crippen LogP contribution in [0, 0.1) is 5.82 Å². The summed E-state index contributed by atoms with van der Waals surface area (Å²) in [6, 6.07) is 14.4. The first-order valence-corrected chi connectivity index (χ1v) is 9.86. The zero-order valence-electron chi connectivity index (χ0n) is 15.2. The number of thioether (sulfide) groups is 1. The molecule has 0 saturated heterocycles. The van der Waals surface area contributed by atoms with Crippen LogP contribution in [0.2, 0.25) is 0 Å². The Morgan fingerprint density at radius 1 is 1.22 bits per heavy atom. The van der Waals surface area contributed by atoms with E-state index in [0.717, 1.165) is 28.4 Å². The number of para-hydroxylation sites is 1. The first-order chi connectivity index (χ1) is 13.2. The molecule has 0 bridgehead atoms. The number of anilines is 1. The molecule has 1 atom stereocenters. The molecular weight excluding hydrogens is 363 g/mol. The lowest BCUT2D eigenvalue weighted by atomic mass is 9.90. The quantitative estimate of drug-likeness (QED) is 0.309. The highest BCUT2D eigenvalue weighted by atomic mass is 32.2. The van der Waals surface area contributed by atoms with E-state index in [2.05, 4.69) is 27.0 Å². The van der Waals surface area contributed by atoms with Crippen LogP contribution >= 0.6 is 11.8 Å². The molecule has 7 heteroatoms. The highest BCUT2D eigenvalue weighted by Crippen LogP contribution is 2.31. The number of hydrogen-bond acceptors (Lipinski definition) is 3. The topological polar surface area (TPSA) is 65.5 Å². The van der Waals surface area contributed by atoms with Crippen molar-refractivity contribution in [2.24, 2.45) is 4.99 Å². The van der Waals surface area contributed by atoms with Crippen molar-refractivity contribution in [3.8, 4) is 0 Å². The summed E-state index contributed by atoms with van der Waals surface area (Å²) in [4.78, 5) is 17.2. The van der Waals surface area contributed by atoms with Gasteiger partial charge in [-0.15, -0.1) is 11.8 Å². The minimum Gasteiger partial charge on any atom is -0.356 e. The molecule has 1 unspecified atom stereocenters. The predicted molar refractivity (Wildman–Crippen MR) is 109 cm³/mol. The summed E-state index contributed by atoms with van der Waals surface area (Å²) in [5.41, 5.74) is 2.03. The number of fused-ring (bicyclic) bond motifs is 1. The van der Waals surface area contributed by atoms with E-state index in [9.17, 15) is 9.18 Å². The van der Waals surface area contributed by atoms with Gasteiger partial charge in [-0.05, 0) is 35.9 Å². The Hall–Kier alpha value is -2.54. The average molecular weight is 386 g/mol. The summed E-state index contributed by atoms with van der Waals surface area (Å²) in [7, 11) is 1.73. The van der Waals surface area contributed by atoms with E-state index in [1.807, 2.05) is 18.2 Å². The number of halogens is 1. The zero-order valence-corrected chi connectivity index (χ0v) is 16.0. The molecule has 1 aliphatic heterocycles. The van der Waals surface area contributed by atoms with Crippen LogP contribution in [-0.2, 0) is 4.79 Å². The Kier molecular flexibility index (Phi) is 6.70. The largest absolute Gasteiger partial charge is 0.356 e. The van der Waals surface area contributed by atoms with Gasteiger partial charge in [-0.3, -0.25) is 9.79 Å². The van der Waals surface area contributed by atoms with Gasteiger partial charge >= 0.3 is 0 Å². The summed E-state index contributed by atoms with van der Waals surface area (Å²) in [5, 5.41) is 9.49. The monoisotopic (exact) mass is 386 g/mol. The number of nitrogens with one attached hydrogen (secondary N) is 3. The Labute approximate surface area is 162 Å². The molecule has 0 fully saturated rings. The van der Waals surface area contributed by atoms with E-state index in [1.54, 1.807) is 30.9 Å². The van der Waals surface area contributed by atoms with Crippen LogP contribution in [0.3, 0.4) is 0 Å². The van der Waals surface area contributed by atoms with Crippen molar-refractivity contribution in [3.63, 3.8) is 0 Å². The number of nitrogens with zero attached hydrogens (tertiary/aromatic N) is 1. The molecule has 3 N–H and O–H groups in total. The van der Waals surface area contributed by atoms with Crippen LogP contribution in [0.25, 0.3) is 0 Å². The fraction of sp³-hybridized carbons (Fsp3) is 0.300. The third-order valence-electron chi connectivity index (χ3n) is 4.32. The van der Waals surface area contributed by atoms with Crippen LogP contribution in [0.4, 0.5) is 10.1 Å². The number of carbonyl (C=O) groups is 1. The van der Waals surface area contributed by atoms with E-state index < -0.39 is 0 Å². The molecule has 142 valence electrons. The molecule has 0 saturated carbocycles. The number of carbonyl (C=O) groups excluding carboxylic acids is 1. The highest BCUT2D eigenvalue weighted by molar-refractivity contribution is 7.99.